The highest BCUT2D eigenvalue weighted by molar-refractivity contribution is 6.09. The maximum Gasteiger partial charge on any atom is 0.194 e. The first kappa shape index (κ1) is 14.8. The Morgan fingerprint density at radius 2 is 1.55 bits per heavy atom. The molecule has 0 amide bonds. The van der Waals surface area contributed by atoms with E-state index in [9.17, 15) is 18.0 Å². The fourth-order valence-corrected chi connectivity index (χ4v) is 2.41. The summed E-state index contributed by atoms with van der Waals surface area (Å²) in [7, 11) is 0. The summed E-state index contributed by atoms with van der Waals surface area (Å²) >= 11 is 0. The van der Waals surface area contributed by atoms with Gasteiger partial charge in [0.25, 0.3) is 0 Å². The van der Waals surface area contributed by atoms with E-state index >= 15 is 0 Å². The van der Waals surface area contributed by atoms with Gasteiger partial charge < -0.3 is 0 Å². The Kier molecular flexibility index (Phi) is 3.98. The number of rotatable bonds is 4. The van der Waals surface area contributed by atoms with Crippen molar-refractivity contribution in [1.29, 1.82) is 0 Å². The highest BCUT2D eigenvalue weighted by atomic mass is 19.2. The number of carbonyl (C=O) groups is 1. The normalized spacial score (nSPS) is 14.7. The lowest BCUT2D eigenvalue weighted by Gasteiger charge is -2.30. The molecule has 1 heterocycles. The van der Waals surface area contributed by atoms with Crippen molar-refractivity contribution < 1.29 is 18.0 Å². The number of nitrogens with zero attached hydrogens (tertiary/aromatic N) is 1. The van der Waals surface area contributed by atoms with Crippen LogP contribution in [0, 0.1) is 17.5 Å². The highest BCUT2D eigenvalue weighted by Gasteiger charge is 2.17. The third kappa shape index (κ3) is 2.90. The molecule has 114 valence electrons. The molecular formula is C17H14F3NO. The van der Waals surface area contributed by atoms with E-state index in [0.29, 0.717) is 17.7 Å². The van der Waals surface area contributed by atoms with Gasteiger partial charge in [-0.15, -0.1) is 0 Å². The molecule has 3 rings (SSSR count). The van der Waals surface area contributed by atoms with Crippen molar-refractivity contribution in [3.05, 3.63) is 70.5 Å². The SMILES string of the molecule is O=C(c1ccc(CN2CCC2)cc1)c1cc(F)c(F)c(F)c1. The van der Waals surface area contributed by atoms with Crippen LogP contribution in [0.2, 0.25) is 0 Å². The van der Waals surface area contributed by atoms with Crippen molar-refractivity contribution in [2.75, 3.05) is 13.1 Å². The summed E-state index contributed by atoms with van der Waals surface area (Å²) < 4.78 is 39.3. The van der Waals surface area contributed by atoms with E-state index in [0.717, 1.165) is 25.2 Å². The van der Waals surface area contributed by atoms with Crippen molar-refractivity contribution in [2.24, 2.45) is 0 Å². The lowest BCUT2D eigenvalue weighted by atomic mass is 10.0. The first-order chi connectivity index (χ1) is 10.5. The zero-order chi connectivity index (χ0) is 15.7. The zero-order valence-corrected chi connectivity index (χ0v) is 11.8. The van der Waals surface area contributed by atoms with Gasteiger partial charge in [0.1, 0.15) is 0 Å². The topological polar surface area (TPSA) is 20.3 Å². The van der Waals surface area contributed by atoms with Crippen molar-refractivity contribution in [1.82, 2.24) is 4.90 Å². The summed E-state index contributed by atoms with van der Waals surface area (Å²) in [5.41, 5.74) is 1.19. The van der Waals surface area contributed by atoms with Crippen LogP contribution >= 0.6 is 0 Å². The average molecular weight is 305 g/mol. The third-order valence-corrected chi connectivity index (χ3v) is 3.82. The molecular weight excluding hydrogens is 291 g/mol. The van der Waals surface area contributed by atoms with Gasteiger partial charge in [-0.25, -0.2) is 13.2 Å². The van der Waals surface area contributed by atoms with E-state index in [2.05, 4.69) is 4.90 Å². The second-order valence-electron chi connectivity index (χ2n) is 5.41. The molecule has 2 aromatic rings. The fourth-order valence-electron chi connectivity index (χ4n) is 2.41. The molecule has 2 nitrogen and oxygen atoms in total. The number of hydrogen-bond donors (Lipinski definition) is 0. The van der Waals surface area contributed by atoms with Gasteiger partial charge in [0, 0.05) is 17.7 Å². The van der Waals surface area contributed by atoms with Crippen molar-refractivity contribution in [3.8, 4) is 0 Å². The minimum Gasteiger partial charge on any atom is -0.299 e. The number of likely N-dealkylation sites (tertiary alicyclic amines) is 1. The van der Waals surface area contributed by atoms with Gasteiger partial charge in [0.15, 0.2) is 23.2 Å². The number of ketones is 1. The van der Waals surface area contributed by atoms with Crippen LogP contribution in [-0.2, 0) is 6.54 Å². The van der Waals surface area contributed by atoms with Gasteiger partial charge in [0.05, 0.1) is 0 Å². The van der Waals surface area contributed by atoms with E-state index in [1.165, 1.54) is 6.42 Å². The molecule has 2 aromatic carbocycles. The maximum absolute atomic E-state index is 13.2. The highest BCUT2D eigenvalue weighted by Crippen LogP contribution is 2.18. The summed E-state index contributed by atoms with van der Waals surface area (Å²) in [4.78, 5) is 14.5. The van der Waals surface area contributed by atoms with E-state index in [1.807, 2.05) is 12.1 Å². The van der Waals surface area contributed by atoms with Crippen molar-refractivity contribution >= 4 is 5.78 Å². The average Bonchev–Trinajstić information content (AvgIpc) is 2.48. The Morgan fingerprint density at radius 3 is 2.05 bits per heavy atom. The summed E-state index contributed by atoms with van der Waals surface area (Å²) in [5, 5.41) is 0. The minimum atomic E-state index is -1.57. The molecule has 0 bridgehead atoms. The Morgan fingerprint density at radius 1 is 0.955 bits per heavy atom. The Hall–Kier alpha value is -2.14. The van der Waals surface area contributed by atoms with Gasteiger partial charge in [0.2, 0.25) is 0 Å². The molecule has 0 aliphatic carbocycles. The summed E-state index contributed by atoms with van der Waals surface area (Å²) in [5.74, 6) is -4.83. The number of benzene rings is 2. The second-order valence-corrected chi connectivity index (χ2v) is 5.41. The molecule has 0 atom stereocenters. The van der Waals surface area contributed by atoms with Gasteiger partial charge in [-0.1, -0.05) is 24.3 Å². The smallest absolute Gasteiger partial charge is 0.194 e. The molecule has 0 unspecified atom stereocenters. The van der Waals surface area contributed by atoms with Crippen LogP contribution in [0.3, 0.4) is 0 Å². The van der Waals surface area contributed by atoms with E-state index < -0.39 is 23.2 Å². The molecule has 0 radical (unpaired) electrons. The molecule has 22 heavy (non-hydrogen) atoms. The van der Waals surface area contributed by atoms with Crippen molar-refractivity contribution in [3.63, 3.8) is 0 Å². The lowest BCUT2D eigenvalue weighted by Crippen LogP contribution is -2.36. The van der Waals surface area contributed by atoms with Crippen LogP contribution in [-0.4, -0.2) is 23.8 Å². The molecule has 1 aliphatic rings. The molecule has 1 saturated heterocycles. The van der Waals surface area contributed by atoms with Gasteiger partial charge in [-0.3, -0.25) is 9.69 Å². The summed E-state index contributed by atoms with van der Waals surface area (Å²) in [6, 6.07) is 8.32. The third-order valence-electron chi connectivity index (χ3n) is 3.82. The van der Waals surface area contributed by atoms with Crippen LogP contribution in [0.4, 0.5) is 13.2 Å². The first-order valence-corrected chi connectivity index (χ1v) is 7.05. The second kappa shape index (κ2) is 5.93. The minimum absolute atomic E-state index is 0.202. The molecule has 0 saturated carbocycles. The number of hydrogen-bond acceptors (Lipinski definition) is 2. The summed E-state index contributed by atoms with van der Waals surface area (Å²) in [6.45, 7) is 2.98. The number of halogens is 3. The predicted octanol–water partition coefficient (Wildman–Crippen LogP) is 3.54. The van der Waals surface area contributed by atoms with Gasteiger partial charge in [-0.05, 0) is 37.2 Å². The van der Waals surface area contributed by atoms with E-state index in [-0.39, 0.29) is 5.56 Å². The predicted molar refractivity (Wildman–Crippen MR) is 76.1 cm³/mol. The van der Waals surface area contributed by atoms with E-state index in [4.69, 9.17) is 0 Å². The number of carbonyl (C=O) groups excluding carboxylic acids is 1. The Bertz CT molecular complexity index is 685. The van der Waals surface area contributed by atoms with Gasteiger partial charge in [-0.2, -0.15) is 0 Å². The molecule has 0 spiro atoms. The maximum atomic E-state index is 13.2. The molecule has 5 heteroatoms. The van der Waals surface area contributed by atoms with E-state index in [1.54, 1.807) is 12.1 Å². The Labute approximate surface area is 126 Å². The molecule has 1 fully saturated rings. The Balaban J connectivity index is 1.79. The standard InChI is InChI=1S/C17H14F3NO/c18-14-8-13(9-15(19)16(14)20)17(22)12-4-2-11(3-5-12)10-21-6-1-7-21/h2-5,8-9H,1,6-7,10H2. The zero-order valence-electron chi connectivity index (χ0n) is 11.8. The van der Waals surface area contributed by atoms with Crippen LogP contribution in [0.15, 0.2) is 36.4 Å². The largest absolute Gasteiger partial charge is 0.299 e. The molecule has 0 aromatic heterocycles. The quantitative estimate of drug-likeness (QED) is 0.636. The first-order valence-electron chi connectivity index (χ1n) is 7.05. The van der Waals surface area contributed by atoms with Crippen molar-refractivity contribution in [2.45, 2.75) is 13.0 Å². The molecule has 0 N–H and O–H groups in total. The summed E-state index contributed by atoms with van der Waals surface area (Å²) in [6.07, 6.45) is 1.21. The lowest BCUT2D eigenvalue weighted by molar-refractivity contribution is 0.103. The van der Waals surface area contributed by atoms with Crippen LogP contribution in [0.25, 0.3) is 0 Å². The van der Waals surface area contributed by atoms with Crippen LogP contribution in [0.1, 0.15) is 27.9 Å². The van der Waals surface area contributed by atoms with Crippen LogP contribution in [0.5, 0.6) is 0 Å². The van der Waals surface area contributed by atoms with Gasteiger partial charge >= 0.3 is 0 Å². The van der Waals surface area contributed by atoms with Crippen LogP contribution < -0.4 is 0 Å². The molecule has 1 aliphatic heterocycles. The fraction of sp³-hybridized carbons (Fsp3) is 0.235. The monoisotopic (exact) mass is 305 g/mol.